The van der Waals surface area contributed by atoms with Crippen molar-refractivity contribution in [3.63, 3.8) is 0 Å². The fourth-order valence-electron chi connectivity index (χ4n) is 3.00. The van der Waals surface area contributed by atoms with Crippen LogP contribution in [0, 0.1) is 0 Å². The molecule has 0 aliphatic carbocycles. The largest absolute Gasteiger partial charge is 0.497 e. The number of nitrogens with two attached hydrogens (primary N) is 1. The van der Waals surface area contributed by atoms with Crippen molar-refractivity contribution < 1.29 is 9.47 Å². The summed E-state index contributed by atoms with van der Waals surface area (Å²) in [6, 6.07) is 9.54. The van der Waals surface area contributed by atoms with Crippen molar-refractivity contribution in [3.05, 3.63) is 42.1 Å². The number of aliphatic imine (C=N–C) groups is 1. The predicted molar refractivity (Wildman–Crippen MR) is 112 cm³/mol. The van der Waals surface area contributed by atoms with E-state index in [-0.39, 0.29) is 0 Å². The van der Waals surface area contributed by atoms with Gasteiger partial charge in [-0.2, -0.15) is 0 Å². The molecule has 0 unspecified atom stereocenters. The van der Waals surface area contributed by atoms with Crippen LogP contribution in [0.25, 0.3) is 0 Å². The average Bonchev–Trinajstić information content (AvgIpc) is 2.73. The number of rotatable bonds is 6. The van der Waals surface area contributed by atoms with Crippen molar-refractivity contribution in [1.29, 1.82) is 0 Å². The lowest BCUT2D eigenvalue weighted by atomic mass is 10.2. The molecule has 1 aliphatic heterocycles. The van der Waals surface area contributed by atoms with Crippen LogP contribution in [0.5, 0.6) is 11.5 Å². The van der Waals surface area contributed by atoms with Crippen LogP contribution < -0.4 is 25.4 Å². The molecule has 2 heterocycles. The standard InChI is InChI=1S/C20H28N6O2/c1-25-8-10-26(11-9-25)19-7-4-15(13-22-19)14-23-20(21)24-17-12-16(27-2)5-6-18(17)28-3/h4-7,12-13H,8-11,14H2,1-3H3,(H3,21,23,24). The Bertz CT molecular complexity index is 801. The summed E-state index contributed by atoms with van der Waals surface area (Å²) < 4.78 is 10.6. The number of likely N-dealkylation sites (N-methyl/N-ethyl adjacent to an activating group) is 1. The average molecular weight is 384 g/mol. The molecular weight excluding hydrogens is 356 g/mol. The first-order valence-corrected chi connectivity index (χ1v) is 9.26. The molecule has 8 heteroatoms. The number of methoxy groups -OCH3 is 2. The molecular formula is C20H28N6O2. The van der Waals surface area contributed by atoms with Gasteiger partial charge < -0.3 is 30.3 Å². The minimum atomic E-state index is 0.301. The summed E-state index contributed by atoms with van der Waals surface area (Å²) in [6.45, 7) is 4.56. The van der Waals surface area contributed by atoms with Crippen LogP contribution >= 0.6 is 0 Å². The van der Waals surface area contributed by atoms with E-state index in [0.717, 1.165) is 37.6 Å². The van der Waals surface area contributed by atoms with Gasteiger partial charge in [-0.25, -0.2) is 9.98 Å². The molecule has 1 aromatic heterocycles. The first kappa shape index (κ1) is 19.8. The zero-order valence-electron chi connectivity index (χ0n) is 16.7. The second-order valence-electron chi connectivity index (χ2n) is 6.71. The number of nitrogens with one attached hydrogen (secondary N) is 1. The van der Waals surface area contributed by atoms with Gasteiger partial charge in [0.2, 0.25) is 0 Å². The molecule has 1 aliphatic rings. The summed E-state index contributed by atoms with van der Waals surface area (Å²) in [6.07, 6.45) is 1.86. The molecule has 0 amide bonds. The lowest BCUT2D eigenvalue weighted by Gasteiger charge is -2.33. The van der Waals surface area contributed by atoms with E-state index in [9.17, 15) is 0 Å². The minimum Gasteiger partial charge on any atom is -0.497 e. The minimum absolute atomic E-state index is 0.301. The maximum absolute atomic E-state index is 6.04. The summed E-state index contributed by atoms with van der Waals surface area (Å²) in [5.41, 5.74) is 7.74. The van der Waals surface area contributed by atoms with Gasteiger partial charge in [0, 0.05) is 38.4 Å². The zero-order chi connectivity index (χ0) is 19.9. The highest BCUT2D eigenvalue weighted by Gasteiger charge is 2.14. The number of anilines is 2. The van der Waals surface area contributed by atoms with E-state index in [4.69, 9.17) is 15.2 Å². The summed E-state index contributed by atoms with van der Waals surface area (Å²) in [5.74, 6) is 2.68. The van der Waals surface area contributed by atoms with Crippen LogP contribution in [0.1, 0.15) is 5.56 Å². The lowest BCUT2D eigenvalue weighted by Crippen LogP contribution is -2.44. The van der Waals surface area contributed by atoms with Crippen molar-refractivity contribution in [2.45, 2.75) is 6.54 Å². The van der Waals surface area contributed by atoms with Crippen LogP contribution in [0.4, 0.5) is 11.5 Å². The number of aromatic nitrogens is 1. The highest BCUT2D eigenvalue weighted by Crippen LogP contribution is 2.28. The Labute approximate surface area is 166 Å². The molecule has 2 aromatic rings. The van der Waals surface area contributed by atoms with Gasteiger partial charge in [0.05, 0.1) is 26.5 Å². The van der Waals surface area contributed by atoms with Crippen LogP contribution in [0.2, 0.25) is 0 Å². The van der Waals surface area contributed by atoms with Crippen molar-refractivity contribution in [2.75, 3.05) is 57.7 Å². The fourth-order valence-corrected chi connectivity index (χ4v) is 3.00. The highest BCUT2D eigenvalue weighted by atomic mass is 16.5. The number of ether oxygens (including phenoxy) is 2. The third kappa shape index (κ3) is 5.04. The summed E-state index contributed by atoms with van der Waals surface area (Å²) in [7, 11) is 5.36. The van der Waals surface area contributed by atoms with Gasteiger partial charge in [0.25, 0.3) is 0 Å². The molecule has 28 heavy (non-hydrogen) atoms. The van der Waals surface area contributed by atoms with E-state index in [0.29, 0.717) is 29.7 Å². The number of benzene rings is 1. The SMILES string of the molecule is COc1ccc(OC)c(NC(N)=NCc2ccc(N3CCN(C)CC3)nc2)c1. The zero-order valence-corrected chi connectivity index (χ0v) is 16.7. The van der Waals surface area contributed by atoms with E-state index in [2.05, 4.69) is 32.1 Å². The molecule has 0 saturated carbocycles. The normalized spacial score (nSPS) is 15.4. The molecule has 0 spiro atoms. The van der Waals surface area contributed by atoms with Crippen LogP contribution in [-0.4, -0.2) is 63.3 Å². The Kier molecular flexibility index (Phi) is 6.54. The maximum atomic E-state index is 6.04. The van der Waals surface area contributed by atoms with E-state index >= 15 is 0 Å². The molecule has 0 radical (unpaired) electrons. The van der Waals surface area contributed by atoms with Crippen molar-refractivity contribution in [1.82, 2.24) is 9.88 Å². The summed E-state index contributed by atoms with van der Waals surface area (Å²) >= 11 is 0. The Hall–Kier alpha value is -3.00. The summed E-state index contributed by atoms with van der Waals surface area (Å²) in [4.78, 5) is 13.6. The molecule has 1 saturated heterocycles. The smallest absolute Gasteiger partial charge is 0.193 e. The number of hydrogen-bond donors (Lipinski definition) is 2. The highest BCUT2D eigenvalue weighted by molar-refractivity contribution is 5.94. The third-order valence-corrected chi connectivity index (χ3v) is 4.74. The van der Waals surface area contributed by atoms with E-state index < -0.39 is 0 Å². The third-order valence-electron chi connectivity index (χ3n) is 4.74. The summed E-state index contributed by atoms with van der Waals surface area (Å²) in [5, 5.41) is 3.06. The van der Waals surface area contributed by atoms with Gasteiger partial charge in [0.15, 0.2) is 5.96 Å². The Morgan fingerprint density at radius 2 is 1.93 bits per heavy atom. The Morgan fingerprint density at radius 1 is 1.14 bits per heavy atom. The lowest BCUT2D eigenvalue weighted by molar-refractivity contribution is 0.312. The van der Waals surface area contributed by atoms with E-state index in [1.165, 1.54) is 0 Å². The second-order valence-corrected chi connectivity index (χ2v) is 6.71. The van der Waals surface area contributed by atoms with Crippen LogP contribution in [0.15, 0.2) is 41.5 Å². The molecule has 8 nitrogen and oxygen atoms in total. The van der Waals surface area contributed by atoms with Crippen molar-refractivity contribution in [2.24, 2.45) is 10.7 Å². The Morgan fingerprint density at radius 3 is 2.57 bits per heavy atom. The first-order valence-electron chi connectivity index (χ1n) is 9.26. The second kappa shape index (κ2) is 9.27. The van der Waals surface area contributed by atoms with Crippen LogP contribution in [-0.2, 0) is 6.54 Å². The van der Waals surface area contributed by atoms with Gasteiger partial charge in [-0.05, 0) is 30.8 Å². The quantitative estimate of drug-likeness (QED) is 0.580. The molecule has 150 valence electrons. The first-order chi connectivity index (χ1) is 13.6. The number of nitrogens with zero attached hydrogens (tertiary/aromatic N) is 4. The maximum Gasteiger partial charge on any atom is 0.193 e. The number of guanidine groups is 1. The molecule has 3 N–H and O–H groups in total. The van der Waals surface area contributed by atoms with E-state index in [1.807, 2.05) is 36.5 Å². The van der Waals surface area contributed by atoms with Crippen LogP contribution in [0.3, 0.4) is 0 Å². The molecule has 0 atom stereocenters. The predicted octanol–water partition coefficient (Wildman–Crippen LogP) is 1.78. The van der Waals surface area contributed by atoms with Gasteiger partial charge >= 0.3 is 0 Å². The van der Waals surface area contributed by atoms with Gasteiger partial charge in [-0.15, -0.1) is 0 Å². The molecule has 1 fully saturated rings. The topological polar surface area (TPSA) is 88.2 Å². The molecule has 3 rings (SSSR count). The molecule has 0 bridgehead atoms. The number of pyridine rings is 1. The fraction of sp³-hybridized carbons (Fsp3) is 0.400. The van der Waals surface area contributed by atoms with Crippen molar-refractivity contribution >= 4 is 17.5 Å². The number of piperazine rings is 1. The number of hydrogen-bond acceptors (Lipinski definition) is 6. The van der Waals surface area contributed by atoms with E-state index in [1.54, 1.807) is 14.2 Å². The monoisotopic (exact) mass is 384 g/mol. The molecule has 1 aromatic carbocycles. The van der Waals surface area contributed by atoms with Gasteiger partial charge in [-0.3, -0.25) is 0 Å². The Balaban J connectivity index is 1.60. The van der Waals surface area contributed by atoms with Gasteiger partial charge in [-0.1, -0.05) is 6.07 Å². The van der Waals surface area contributed by atoms with Crippen molar-refractivity contribution in [3.8, 4) is 11.5 Å². The van der Waals surface area contributed by atoms with Gasteiger partial charge in [0.1, 0.15) is 17.3 Å².